The fourth-order valence-electron chi connectivity index (χ4n) is 2.62. The Labute approximate surface area is 128 Å². The van der Waals surface area contributed by atoms with Gasteiger partial charge in [0.05, 0.1) is 17.4 Å². The van der Waals surface area contributed by atoms with Crippen molar-refractivity contribution in [3.8, 4) is 6.07 Å². The van der Waals surface area contributed by atoms with Gasteiger partial charge in [0.25, 0.3) is 0 Å². The van der Waals surface area contributed by atoms with E-state index in [-0.39, 0.29) is 6.10 Å². The van der Waals surface area contributed by atoms with Crippen molar-refractivity contribution in [2.45, 2.75) is 30.4 Å². The normalized spacial score (nSPS) is 21.3. The summed E-state index contributed by atoms with van der Waals surface area (Å²) in [6, 6.07) is 7.15. The molecular weight excluding hydrogens is 288 g/mol. The average Bonchev–Trinajstić information content (AvgIpc) is 2.91. The van der Waals surface area contributed by atoms with E-state index in [1.165, 1.54) is 0 Å². The number of carboxylic acid groups (broad SMARTS) is 1. The number of anilines is 1. The second-order valence-electron chi connectivity index (χ2n) is 4.79. The first-order valence-corrected chi connectivity index (χ1v) is 7.79. The summed E-state index contributed by atoms with van der Waals surface area (Å²) in [6.45, 7) is 2.51. The number of aliphatic carboxylic acids is 1. The van der Waals surface area contributed by atoms with E-state index in [1.807, 2.05) is 25.1 Å². The predicted molar refractivity (Wildman–Crippen MR) is 81.7 cm³/mol. The van der Waals surface area contributed by atoms with Crippen molar-refractivity contribution in [1.29, 1.82) is 5.26 Å². The topological polar surface area (TPSA) is 73.6 Å². The molecule has 0 amide bonds. The zero-order chi connectivity index (χ0) is 15.4. The molecule has 2 unspecified atom stereocenters. The summed E-state index contributed by atoms with van der Waals surface area (Å²) in [5.74, 6) is -0.0201. The first kappa shape index (κ1) is 15.7. The van der Waals surface area contributed by atoms with Gasteiger partial charge in [0.15, 0.2) is 0 Å². The van der Waals surface area contributed by atoms with Crippen molar-refractivity contribution in [3.05, 3.63) is 23.8 Å². The van der Waals surface area contributed by atoms with E-state index in [0.29, 0.717) is 24.2 Å². The van der Waals surface area contributed by atoms with Gasteiger partial charge >= 0.3 is 5.97 Å². The van der Waals surface area contributed by atoms with Crippen LogP contribution in [0.3, 0.4) is 0 Å². The molecule has 1 heterocycles. The van der Waals surface area contributed by atoms with Gasteiger partial charge in [0, 0.05) is 25.0 Å². The number of nitriles is 1. The number of hydrogen-bond donors (Lipinski definition) is 1. The van der Waals surface area contributed by atoms with Gasteiger partial charge in [-0.1, -0.05) is 13.0 Å². The maximum Gasteiger partial charge on any atom is 0.326 e. The lowest BCUT2D eigenvalue weighted by Crippen LogP contribution is -2.36. The Kier molecular flexibility index (Phi) is 5.10. The van der Waals surface area contributed by atoms with Crippen molar-refractivity contribution in [1.82, 2.24) is 0 Å². The first-order valence-electron chi connectivity index (χ1n) is 6.80. The third-order valence-electron chi connectivity index (χ3n) is 3.61. The van der Waals surface area contributed by atoms with Crippen LogP contribution in [0.2, 0.25) is 0 Å². The maximum atomic E-state index is 11.5. The van der Waals surface area contributed by atoms with Crippen LogP contribution in [0.5, 0.6) is 0 Å². The predicted octanol–water partition coefficient (Wildman–Crippen LogP) is 2.35. The van der Waals surface area contributed by atoms with Crippen molar-refractivity contribution in [2.75, 3.05) is 24.3 Å². The summed E-state index contributed by atoms with van der Waals surface area (Å²) < 4.78 is 5.30. The van der Waals surface area contributed by atoms with Crippen LogP contribution in [0.15, 0.2) is 23.1 Å². The molecule has 6 heteroatoms. The number of ether oxygens (including phenoxy) is 1. The van der Waals surface area contributed by atoms with Crippen LogP contribution >= 0.6 is 11.8 Å². The fraction of sp³-hybridized carbons (Fsp3) is 0.467. The van der Waals surface area contributed by atoms with Crippen LogP contribution in [-0.2, 0) is 9.53 Å². The first-order chi connectivity index (χ1) is 10.1. The van der Waals surface area contributed by atoms with E-state index in [4.69, 9.17) is 4.74 Å². The summed E-state index contributed by atoms with van der Waals surface area (Å²) in [5, 5.41) is 18.9. The average molecular weight is 306 g/mol. The number of carbonyl (C=O) groups is 1. The number of thioether (sulfide) groups is 1. The molecule has 1 fully saturated rings. The van der Waals surface area contributed by atoms with Gasteiger partial charge in [-0.3, -0.25) is 0 Å². The molecule has 1 aliphatic rings. The van der Waals surface area contributed by atoms with Gasteiger partial charge in [-0.25, -0.2) is 4.79 Å². The highest BCUT2D eigenvalue weighted by Gasteiger charge is 2.38. The SMILES string of the molecule is CCSc1cccc(N2CC(OC)CC2C(=O)O)c1C#N. The second-order valence-corrected chi connectivity index (χ2v) is 6.10. The molecule has 1 saturated heterocycles. The van der Waals surface area contributed by atoms with Gasteiger partial charge in [-0.2, -0.15) is 5.26 Å². The van der Waals surface area contributed by atoms with E-state index in [1.54, 1.807) is 23.8 Å². The Bertz CT molecular complexity index is 571. The highest BCUT2D eigenvalue weighted by molar-refractivity contribution is 7.99. The number of benzene rings is 1. The van der Waals surface area contributed by atoms with Gasteiger partial charge < -0.3 is 14.7 Å². The summed E-state index contributed by atoms with van der Waals surface area (Å²) in [5.41, 5.74) is 1.23. The molecule has 0 bridgehead atoms. The summed E-state index contributed by atoms with van der Waals surface area (Å²) in [6.07, 6.45) is 0.308. The van der Waals surface area contributed by atoms with E-state index >= 15 is 0 Å². The molecule has 112 valence electrons. The molecule has 5 nitrogen and oxygen atoms in total. The molecule has 2 atom stereocenters. The molecular formula is C15H18N2O3S. The molecule has 1 aromatic carbocycles. The van der Waals surface area contributed by atoms with Crippen LogP contribution in [0.1, 0.15) is 18.9 Å². The van der Waals surface area contributed by atoms with E-state index in [2.05, 4.69) is 6.07 Å². The molecule has 21 heavy (non-hydrogen) atoms. The number of rotatable bonds is 5. The van der Waals surface area contributed by atoms with Gasteiger partial charge in [-0.05, 0) is 17.9 Å². The van der Waals surface area contributed by atoms with Crippen molar-refractivity contribution < 1.29 is 14.6 Å². The number of carboxylic acids is 1. The molecule has 0 saturated carbocycles. The highest BCUT2D eigenvalue weighted by atomic mass is 32.2. The third-order valence-corrected chi connectivity index (χ3v) is 4.55. The Morgan fingerprint density at radius 2 is 2.38 bits per heavy atom. The standard InChI is InChI=1S/C15H18N2O3S/c1-3-21-14-6-4-5-12(11(14)8-16)17-9-10(20-2)7-13(17)15(18)19/h4-6,10,13H,3,7,9H2,1-2H3,(H,18,19). The molecule has 0 spiro atoms. The Balaban J connectivity index is 2.42. The maximum absolute atomic E-state index is 11.5. The molecule has 1 aromatic rings. The molecule has 2 rings (SSSR count). The Morgan fingerprint density at radius 1 is 1.62 bits per heavy atom. The minimum atomic E-state index is -0.882. The van der Waals surface area contributed by atoms with Crippen LogP contribution in [0, 0.1) is 11.3 Å². The summed E-state index contributed by atoms with van der Waals surface area (Å²) in [7, 11) is 1.58. The smallest absolute Gasteiger partial charge is 0.326 e. The fourth-order valence-corrected chi connectivity index (χ4v) is 3.40. The van der Waals surface area contributed by atoms with Crippen molar-refractivity contribution in [3.63, 3.8) is 0 Å². The second kappa shape index (κ2) is 6.83. The lowest BCUT2D eigenvalue weighted by Gasteiger charge is -2.25. The van der Waals surface area contributed by atoms with Crippen LogP contribution in [-0.4, -0.2) is 42.6 Å². The van der Waals surface area contributed by atoms with Gasteiger partial charge in [-0.15, -0.1) is 11.8 Å². The number of nitrogens with zero attached hydrogens (tertiary/aromatic N) is 2. The molecule has 1 N–H and O–H groups in total. The largest absolute Gasteiger partial charge is 0.480 e. The number of methoxy groups -OCH3 is 1. The Morgan fingerprint density at radius 3 is 2.95 bits per heavy atom. The monoisotopic (exact) mass is 306 g/mol. The van der Waals surface area contributed by atoms with E-state index < -0.39 is 12.0 Å². The molecule has 0 aliphatic carbocycles. The zero-order valence-electron chi connectivity index (χ0n) is 12.1. The quantitative estimate of drug-likeness (QED) is 0.842. The van der Waals surface area contributed by atoms with Gasteiger partial charge in [0.1, 0.15) is 12.1 Å². The van der Waals surface area contributed by atoms with Crippen LogP contribution in [0.4, 0.5) is 5.69 Å². The lowest BCUT2D eigenvalue weighted by molar-refractivity contribution is -0.138. The zero-order valence-corrected chi connectivity index (χ0v) is 12.9. The molecule has 0 aromatic heterocycles. The van der Waals surface area contributed by atoms with E-state index in [0.717, 1.165) is 10.6 Å². The summed E-state index contributed by atoms with van der Waals surface area (Å²) >= 11 is 1.59. The number of hydrogen-bond acceptors (Lipinski definition) is 5. The molecule has 0 radical (unpaired) electrons. The van der Waals surface area contributed by atoms with Crippen molar-refractivity contribution >= 4 is 23.4 Å². The minimum absolute atomic E-state index is 0.125. The summed E-state index contributed by atoms with van der Waals surface area (Å²) in [4.78, 5) is 14.1. The van der Waals surface area contributed by atoms with Crippen LogP contribution < -0.4 is 4.90 Å². The molecule has 1 aliphatic heterocycles. The third kappa shape index (κ3) is 3.14. The van der Waals surface area contributed by atoms with Crippen LogP contribution in [0.25, 0.3) is 0 Å². The highest BCUT2D eigenvalue weighted by Crippen LogP contribution is 2.34. The van der Waals surface area contributed by atoms with Crippen molar-refractivity contribution in [2.24, 2.45) is 0 Å². The minimum Gasteiger partial charge on any atom is -0.480 e. The lowest BCUT2D eigenvalue weighted by atomic mass is 10.1. The van der Waals surface area contributed by atoms with Gasteiger partial charge in [0.2, 0.25) is 0 Å². The van der Waals surface area contributed by atoms with E-state index in [9.17, 15) is 15.2 Å². The Hall–Kier alpha value is -1.71.